The van der Waals surface area contributed by atoms with E-state index in [4.69, 9.17) is 4.74 Å². The third-order valence-electron chi connectivity index (χ3n) is 3.55. The number of aromatic nitrogens is 4. The van der Waals surface area contributed by atoms with Crippen LogP contribution in [0.3, 0.4) is 0 Å². The minimum atomic E-state index is -0.272. The number of H-pyrrole nitrogens is 1. The normalized spacial score (nSPS) is 10.8. The summed E-state index contributed by atoms with van der Waals surface area (Å²) in [5, 5.41) is 9.91. The van der Waals surface area contributed by atoms with Gasteiger partial charge in [0, 0.05) is 5.56 Å². The van der Waals surface area contributed by atoms with Gasteiger partial charge < -0.3 is 4.74 Å². The zero-order valence-electron chi connectivity index (χ0n) is 12.5. The summed E-state index contributed by atoms with van der Waals surface area (Å²) in [4.78, 5) is 11.7. The fraction of sp³-hybridized carbons (Fsp3) is 0.0588. The molecule has 0 radical (unpaired) electrons. The number of hydrogen-bond donors (Lipinski definition) is 1. The third kappa shape index (κ3) is 2.77. The van der Waals surface area contributed by atoms with Crippen molar-refractivity contribution in [2.24, 2.45) is 0 Å². The Labute approximate surface area is 140 Å². The van der Waals surface area contributed by atoms with E-state index >= 15 is 0 Å². The molecule has 0 spiro atoms. The van der Waals surface area contributed by atoms with E-state index in [9.17, 15) is 4.79 Å². The summed E-state index contributed by atoms with van der Waals surface area (Å²) in [6, 6.07) is 17.5. The van der Waals surface area contributed by atoms with E-state index in [1.807, 2.05) is 54.6 Å². The number of nitrogens with zero attached hydrogens (tertiary/aromatic N) is 3. The van der Waals surface area contributed by atoms with Crippen molar-refractivity contribution in [3.8, 4) is 17.0 Å². The van der Waals surface area contributed by atoms with Gasteiger partial charge in [0.2, 0.25) is 0 Å². The number of benzene rings is 2. The van der Waals surface area contributed by atoms with Gasteiger partial charge in [0.15, 0.2) is 0 Å². The molecule has 0 aliphatic rings. The fourth-order valence-electron chi connectivity index (χ4n) is 2.34. The lowest BCUT2D eigenvalue weighted by molar-refractivity contribution is 0.306. The summed E-state index contributed by atoms with van der Waals surface area (Å²) in [7, 11) is 0. The Morgan fingerprint density at radius 2 is 1.83 bits per heavy atom. The molecule has 2 heterocycles. The first-order chi connectivity index (χ1) is 11.8. The minimum Gasteiger partial charge on any atom is -0.489 e. The van der Waals surface area contributed by atoms with Gasteiger partial charge in [0.25, 0.3) is 5.56 Å². The smallest absolute Gasteiger partial charge is 0.286 e. The van der Waals surface area contributed by atoms with E-state index in [0.29, 0.717) is 22.5 Å². The van der Waals surface area contributed by atoms with Crippen LogP contribution in [-0.4, -0.2) is 19.8 Å². The second kappa shape index (κ2) is 6.21. The predicted octanol–water partition coefficient (Wildman–Crippen LogP) is 3.02. The molecular formula is C17H12N4O2S. The molecule has 4 aromatic rings. The first kappa shape index (κ1) is 14.5. The van der Waals surface area contributed by atoms with E-state index in [1.54, 1.807) is 0 Å². The predicted molar refractivity (Wildman–Crippen MR) is 92.0 cm³/mol. The summed E-state index contributed by atoms with van der Waals surface area (Å²) in [6.45, 7) is 0.515. The highest BCUT2D eigenvalue weighted by molar-refractivity contribution is 7.13. The van der Waals surface area contributed by atoms with Crippen molar-refractivity contribution in [2.75, 3.05) is 0 Å². The van der Waals surface area contributed by atoms with Crippen LogP contribution < -0.4 is 10.3 Å². The Balaban J connectivity index is 1.57. The van der Waals surface area contributed by atoms with Crippen LogP contribution >= 0.6 is 11.5 Å². The van der Waals surface area contributed by atoms with Gasteiger partial charge in [-0.1, -0.05) is 35.5 Å². The SMILES string of the molecule is O=c1[nH]nnc2c(-c3ccc(OCc4ccccc4)cc3)nsc12. The van der Waals surface area contributed by atoms with Gasteiger partial charge in [-0.05, 0) is 41.4 Å². The van der Waals surface area contributed by atoms with Crippen molar-refractivity contribution in [2.45, 2.75) is 6.61 Å². The Hall–Kier alpha value is -3.06. The average Bonchev–Trinajstić information content (AvgIpc) is 3.07. The van der Waals surface area contributed by atoms with Crippen LogP contribution in [0.25, 0.3) is 21.5 Å². The van der Waals surface area contributed by atoms with E-state index < -0.39 is 0 Å². The monoisotopic (exact) mass is 336 g/mol. The maximum Gasteiger partial charge on any atom is 0.286 e. The summed E-state index contributed by atoms with van der Waals surface area (Å²) in [5.41, 5.74) is 2.88. The zero-order valence-corrected chi connectivity index (χ0v) is 13.3. The molecule has 0 amide bonds. The van der Waals surface area contributed by atoms with Crippen molar-refractivity contribution in [3.63, 3.8) is 0 Å². The second-order valence-electron chi connectivity index (χ2n) is 5.15. The molecule has 0 bridgehead atoms. The third-order valence-corrected chi connectivity index (χ3v) is 4.39. The van der Waals surface area contributed by atoms with Crippen LogP contribution in [0.2, 0.25) is 0 Å². The summed E-state index contributed by atoms with van der Waals surface area (Å²) in [5.74, 6) is 0.770. The number of hydrogen-bond acceptors (Lipinski definition) is 6. The summed E-state index contributed by atoms with van der Waals surface area (Å²) in [6.07, 6.45) is 0. The molecule has 0 saturated heterocycles. The van der Waals surface area contributed by atoms with Gasteiger partial charge in [-0.15, -0.1) is 5.10 Å². The molecule has 0 saturated carbocycles. The maximum absolute atomic E-state index is 11.7. The molecule has 118 valence electrons. The van der Waals surface area contributed by atoms with Gasteiger partial charge in [0.05, 0.1) is 0 Å². The molecule has 7 heteroatoms. The Bertz CT molecular complexity index is 1030. The van der Waals surface area contributed by atoms with E-state index in [2.05, 4.69) is 19.8 Å². The molecule has 0 fully saturated rings. The lowest BCUT2D eigenvalue weighted by Crippen LogP contribution is -2.07. The zero-order chi connectivity index (χ0) is 16.4. The van der Waals surface area contributed by atoms with Gasteiger partial charge in [-0.25, -0.2) is 5.10 Å². The molecule has 2 aromatic heterocycles. The quantitative estimate of drug-likeness (QED) is 0.619. The summed E-state index contributed by atoms with van der Waals surface area (Å²) < 4.78 is 10.6. The molecule has 0 atom stereocenters. The highest BCUT2D eigenvalue weighted by atomic mass is 32.1. The van der Waals surface area contributed by atoms with Crippen molar-refractivity contribution in [1.29, 1.82) is 0 Å². The lowest BCUT2D eigenvalue weighted by Gasteiger charge is -2.06. The van der Waals surface area contributed by atoms with E-state index in [1.165, 1.54) is 0 Å². The first-order valence-corrected chi connectivity index (χ1v) is 8.06. The summed E-state index contributed by atoms with van der Waals surface area (Å²) >= 11 is 1.12. The molecule has 4 rings (SSSR count). The lowest BCUT2D eigenvalue weighted by atomic mass is 10.1. The van der Waals surface area contributed by atoms with Gasteiger partial charge >= 0.3 is 0 Å². The molecular weight excluding hydrogens is 324 g/mol. The molecule has 2 aromatic carbocycles. The maximum atomic E-state index is 11.7. The number of fused-ring (bicyclic) bond motifs is 1. The van der Waals surface area contributed by atoms with E-state index in [0.717, 1.165) is 28.4 Å². The van der Waals surface area contributed by atoms with Crippen molar-refractivity contribution in [1.82, 2.24) is 19.8 Å². The van der Waals surface area contributed by atoms with Crippen LogP contribution in [0.15, 0.2) is 59.4 Å². The number of rotatable bonds is 4. The molecule has 24 heavy (non-hydrogen) atoms. The Morgan fingerprint density at radius 3 is 2.62 bits per heavy atom. The number of aromatic amines is 1. The van der Waals surface area contributed by atoms with Gasteiger partial charge in [-0.2, -0.15) is 4.37 Å². The topological polar surface area (TPSA) is 80.8 Å². The van der Waals surface area contributed by atoms with Gasteiger partial charge in [-0.3, -0.25) is 4.79 Å². The second-order valence-corrected chi connectivity index (χ2v) is 5.92. The minimum absolute atomic E-state index is 0.272. The largest absolute Gasteiger partial charge is 0.489 e. The highest BCUT2D eigenvalue weighted by Crippen LogP contribution is 2.28. The van der Waals surface area contributed by atoms with Crippen LogP contribution in [0, 0.1) is 0 Å². The molecule has 0 aliphatic heterocycles. The number of nitrogens with one attached hydrogen (secondary N) is 1. The van der Waals surface area contributed by atoms with E-state index in [-0.39, 0.29) is 5.56 Å². The molecule has 0 unspecified atom stereocenters. The molecule has 6 nitrogen and oxygen atoms in total. The van der Waals surface area contributed by atoms with Crippen molar-refractivity contribution >= 4 is 21.7 Å². The standard InChI is InChI=1S/C17H12N4O2S/c22-17-16-15(18-21-19-17)14(20-24-16)12-6-8-13(9-7-12)23-10-11-4-2-1-3-5-11/h1-9H,10H2,(H,18,19,22). The first-order valence-electron chi connectivity index (χ1n) is 7.29. The average molecular weight is 336 g/mol. The van der Waals surface area contributed by atoms with Crippen LogP contribution in [0.1, 0.15) is 5.56 Å². The highest BCUT2D eigenvalue weighted by Gasteiger charge is 2.13. The van der Waals surface area contributed by atoms with Gasteiger partial charge in [0.1, 0.15) is 28.3 Å². The Kier molecular flexibility index (Phi) is 3.76. The number of ether oxygens (including phenoxy) is 1. The fourth-order valence-corrected chi connectivity index (χ4v) is 3.06. The molecule has 1 N–H and O–H groups in total. The van der Waals surface area contributed by atoms with Crippen LogP contribution in [-0.2, 0) is 6.61 Å². The van der Waals surface area contributed by atoms with Crippen LogP contribution in [0.5, 0.6) is 5.75 Å². The van der Waals surface area contributed by atoms with Crippen LogP contribution in [0.4, 0.5) is 0 Å². The van der Waals surface area contributed by atoms with Crippen molar-refractivity contribution in [3.05, 3.63) is 70.5 Å². The van der Waals surface area contributed by atoms with Crippen molar-refractivity contribution < 1.29 is 4.74 Å². The molecule has 0 aliphatic carbocycles. The Morgan fingerprint density at radius 1 is 1.04 bits per heavy atom.